The molecule has 0 saturated heterocycles. The van der Waals surface area contributed by atoms with Gasteiger partial charge in [-0.05, 0) is 35.6 Å². The van der Waals surface area contributed by atoms with E-state index in [9.17, 15) is 4.79 Å². The first-order valence-electron chi connectivity index (χ1n) is 8.13. The van der Waals surface area contributed by atoms with E-state index in [1.54, 1.807) is 23.7 Å². The van der Waals surface area contributed by atoms with Crippen molar-refractivity contribution < 1.29 is 4.79 Å². The zero-order chi connectivity index (χ0) is 17.1. The number of fused-ring (bicyclic) bond motifs is 1. The number of nitrogens with one attached hydrogen (secondary N) is 2. The van der Waals surface area contributed by atoms with Crippen molar-refractivity contribution in [2.45, 2.75) is 6.42 Å². The van der Waals surface area contributed by atoms with Crippen LogP contribution < -0.4 is 5.32 Å². The highest BCUT2D eigenvalue weighted by molar-refractivity contribution is 7.13. The van der Waals surface area contributed by atoms with Crippen molar-refractivity contribution >= 4 is 28.1 Å². The van der Waals surface area contributed by atoms with E-state index in [4.69, 9.17) is 0 Å². The number of carbonyl (C=O) groups excluding carboxylic acids is 1. The lowest BCUT2D eigenvalue weighted by molar-refractivity contribution is 0.0954. The fraction of sp³-hybridized carbons (Fsp3) is 0.100. The Kier molecular flexibility index (Phi) is 4.31. The predicted octanol–water partition coefficient (Wildman–Crippen LogP) is 4.26. The molecule has 0 aliphatic heterocycles. The maximum absolute atomic E-state index is 12.4. The number of aromatic nitrogens is 2. The maximum Gasteiger partial charge on any atom is 0.252 e. The van der Waals surface area contributed by atoms with Gasteiger partial charge in [-0.25, -0.2) is 0 Å². The van der Waals surface area contributed by atoms with Crippen LogP contribution >= 0.6 is 11.3 Å². The lowest BCUT2D eigenvalue weighted by atomic mass is 10.1. The maximum atomic E-state index is 12.4. The quantitative estimate of drug-likeness (QED) is 0.566. The molecule has 25 heavy (non-hydrogen) atoms. The topological polar surface area (TPSA) is 57.8 Å². The molecule has 4 nitrogen and oxygen atoms in total. The van der Waals surface area contributed by atoms with Gasteiger partial charge >= 0.3 is 0 Å². The summed E-state index contributed by atoms with van der Waals surface area (Å²) in [6.45, 7) is 0.587. The monoisotopic (exact) mass is 347 g/mol. The molecule has 0 radical (unpaired) electrons. The molecule has 0 unspecified atom stereocenters. The number of rotatable bonds is 5. The summed E-state index contributed by atoms with van der Waals surface area (Å²) in [6.07, 6.45) is 6.19. The Morgan fingerprint density at radius 1 is 1.16 bits per heavy atom. The smallest absolute Gasteiger partial charge is 0.252 e. The highest BCUT2D eigenvalue weighted by Crippen LogP contribution is 2.24. The van der Waals surface area contributed by atoms with Crippen LogP contribution in [-0.4, -0.2) is 22.4 Å². The summed E-state index contributed by atoms with van der Waals surface area (Å²) in [5.74, 6) is -0.0919. The van der Waals surface area contributed by atoms with Crippen LogP contribution in [0.5, 0.6) is 0 Å². The van der Waals surface area contributed by atoms with Gasteiger partial charge in [-0.2, -0.15) is 0 Å². The van der Waals surface area contributed by atoms with E-state index in [1.165, 1.54) is 10.9 Å². The summed E-state index contributed by atoms with van der Waals surface area (Å²) in [5, 5.41) is 6.21. The minimum absolute atomic E-state index is 0.0919. The molecular formula is C20H17N3OS. The Morgan fingerprint density at radius 3 is 2.96 bits per heavy atom. The van der Waals surface area contributed by atoms with E-state index < -0.39 is 0 Å². The third-order valence-electron chi connectivity index (χ3n) is 4.16. The van der Waals surface area contributed by atoms with Gasteiger partial charge in [0.2, 0.25) is 0 Å². The van der Waals surface area contributed by atoms with Crippen molar-refractivity contribution in [1.29, 1.82) is 0 Å². The number of thiophene rings is 1. The molecule has 0 atom stereocenters. The molecule has 3 aromatic heterocycles. The summed E-state index contributed by atoms with van der Waals surface area (Å²) in [5.41, 5.74) is 3.89. The molecule has 2 N–H and O–H groups in total. The van der Waals surface area contributed by atoms with Crippen LogP contribution in [0.4, 0.5) is 0 Å². The molecule has 1 amide bonds. The lowest BCUT2D eigenvalue weighted by Gasteiger charge is -2.06. The molecule has 0 aliphatic carbocycles. The molecule has 3 heterocycles. The highest BCUT2D eigenvalue weighted by atomic mass is 32.1. The van der Waals surface area contributed by atoms with E-state index in [-0.39, 0.29) is 5.91 Å². The first-order valence-corrected chi connectivity index (χ1v) is 9.01. The number of para-hydroxylation sites is 1. The number of hydrogen-bond donors (Lipinski definition) is 2. The van der Waals surface area contributed by atoms with Crippen LogP contribution in [0, 0.1) is 0 Å². The first kappa shape index (κ1) is 15.6. The molecule has 5 heteroatoms. The normalized spacial score (nSPS) is 10.9. The van der Waals surface area contributed by atoms with E-state index in [1.807, 2.05) is 41.9 Å². The Balaban J connectivity index is 1.42. The SMILES string of the molecule is O=C(NCCc1c[nH]c2ccccc12)c1cncc(-c2cccs2)c1. The van der Waals surface area contributed by atoms with Gasteiger partial charge in [-0.15, -0.1) is 11.3 Å². The Morgan fingerprint density at radius 2 is 2.08 bits per heavy atom. The molecule has 124 valence electrons. The molecular weight excluding hydrogens is 330 g/mol. The third kappa shape index (κ3) is 3.32. The van der Waals surface area contributed by atoms with Gasteiger partial charge in [-0.1, -0.05) is 24.3 Å². The average Bonchev–Trinajstić information content (AvgIpc) is 3.32. The summed E-state index contributed by atoms with van der Waals surface area (Å²) < 4.78 is 0. The minimum atomic E-state index is -0.0919. The number of aromatic amines is 1. The number of pyridine rings is 1. The number of hydrogen-bond acceptors (Lipinski definition) is 3. The number of benzene rings is 1. The second-order valence-electron chi connectivity index (χ2n) is 5.80. The molecule has 0 fully saturated rings. The van der Waals surface area contributed by atoms with Crippen molar-refractivity contribution in [3.05, 3.63) is 77.6 Å². The molecule has 1 aromatic carbocycles. The summed E-state index contributed by atoms with van der Waals surface area (Å²) >= 11 is 1.64. The van der Waals surface area contributed by atoms with Crippen molar-refractivity contribution in [1.82, 2.24) is 15.3 Å². The third-order valence-corrected chi connectivity index (χ3v) is 5.08. The second kappa shape index (κ2) is 6.91. The second-order valence-corrected chi connectivity index (χ2v) is 6.75. The van der Waals surface area contributed by atoms with Crippen molar-refractivity contribution in [3.63, 3.8) is 0 Å². The van der Waals surface area contributed by atoms with Gasteiger partial charge < -0.3 is 10.3 Å². The van der Waals surface area contributed by atoms with Gasteiger partial charge in [0.15, 0.2) is 0 Å². The fourth-order valence-corrected chi connectivity index (χ4v) is 3.60. The molecule has 0 bridgehead atoms. The van der Waals surface area contributed by atoms with Gasteiger partial charge in [0.25, 0.3) is 5.91 Å². The molecule has 0 aliphatic rings. The van der Waals surface area contributed by atoms with E-state index >= 15 is 0 Å². The zero-order valence-electron chi connectivity index (χ0n) is 13.5. The number of H-pyrrole nitrogens is 1. The van der Waals surface area contributed by atoms with Crippen molar-refractivity contribution in [3.8, 4) is 10.4 Å². The summed E-state index contributed by atoms with van der Waals surface area (Å²) in [7, 11) is 0. The van der Waals surface area contributed by atoms with Crippen molar-refractivity contribution in [2.75, 3.05) is 6.54 Å². The molecule has 0 saturated carbocycles. The van der Waals surface area contributed by atoms with E-state index in [0.29, 0.717) is 12.1 Å². The predicted molar refractivity (Wildman–Crippen MR) is 102 cm³/mol. The van der Waals surface area contributed by atoms with Crippen LogP contribution in [0.1, 0.15) is 15.9 Å². The number of carbonyl (C=O) groups is 1. The lowest BCUT2D eigenvalue weighted by Crippen LogP contribution is -2.25. The number of amides is 1. The van der Waals surface area contributed by atoms with Gasteiger partial charge in [0, 0.05) is 46.5 Å². The first-order chi connectivity index (χ1) is 12.3. The Labute approximate surface area is 149 Å². The average molecular weight is 347 g/mol. The van der Waals surface area contributed by atoms with Crippen LogP contribution in [0.2, 0.25) is 0 Å². The molecule has 0 spiro atoms. The van der Waals surface area contributed by atoms with Gasteiger partial charge in [-0.3, -0.25) is 9.78 Å². The highest BCUT2D eigenvalue weighted by Gasteiger charge is 2.09. The van der Waals surface area contributed by atoms with Crippen LogP contribution in [0.15, 0.2) is 66.4 Å². The van der Waals surface area contributed by atoms with E-state index in [0.717, 1.165) is 22.4 Å². The standard InChI is InChI=1S/C20H17N3OS/c24-20(16-10-15(11-21-12-16)19-6-3-9-25-19)22-8-7-14-13-23-18-5-2-1-4-17(14)18/h1-6,9-13,23H,7-8H2,(H,22,24). The Hall–Kier alpha value is -2.92. The summed E-state index contributed by atoms with van der Waals surface area (Å²) in [4.78, 5) is 21.0. The zero-order valence-corrected chi connectivity index (χ0v) is 14.3. The van der Waals surface area contributed by atoms with Crippen molar-refractivity contribution in [2.24, 2.45) is 0 Å². The van der Waals surface area contributed by atoms with E-state index in [2.05, 4.69) is 27.4 Å². The largest absolute Gasteiger partial charge is 0.361 e. The molecule has 4 rings (SSSR count). The molecule has 4 aromatic rings. The summed E-state index contributed by atoms with van der Waals surface area (Å²) in [6, 6.07) is 14.1. The van der Waals surface area contributed by atoms with Crippen LogP contribution in [-0.2, 0) is 6.42 Å². The van der Waals surface area contributed by atoms with Crippen LogP contribution in [0.25, 0.3) is 21.3 Å². The number of nitrogens with zero attached hydrogens (tertiary/aromatic N) is 1. The van der Waals surface area contributed by atoms with Gasteiger partial charge in [0.05, 0.1) is 5.56 Å². The van der Waals surface area contributed by atoms with Crippen LogP contribution in [0.3, 0.4) is 0 Å². The fourth-order valence-electron chi connectivity index (χ4n) is 2.89. The van der Waals surface area contributed by atoms with Gasteiger partial charge in [0.1, 0.15) is 0 Å². The minimum Gasteiger partial charge on any atom is -0.361 e. The Bertz CT molecular complexity index is 1000.